The van der Waals surface area contributed by atoms with Crippen LogP contribution in [0.3, 0.4) is 0 Å². The van der Waals surface area contributed by atoms with Crippen LogP contribution >= 0.6 is 0 Å². The van der Waals surface area contributed by atoms with E-state index in [2.05, 4.69) is 4.74 Å². The van der Waals surface area contributed by atoms with Crippen molar-refractivity contribution in [1.29, 1.82) is 0 Å². The number of hydrogen-bond acceptors (Lipinski definition) is 6. The first kappa shape index (κ1) is 20.0. The number of benzene rings is 1. The molecule has 1 saturated heterocycles. The fraction of sp³-hybridized carbons (Fsp3) is 0.429. The molecule has 0 spiro atoms. The smallest absolute Gasteiger partial charge is 0.394 e. The van der Waals surface area contributed by atoms with Gasteiger partial charge in [-0.15, -0.1) is 0 Å². The lowest BCUT2D eigenvalue weighted by Crippen LogP contribution is -2.33. The number of halogens is 3. The highest BCUT2D eigenvalue weighted by molar-refractivity contribution is 7.89. The number of sulfonamides is 1. The van der Waals surface area contributed by atoms with Crippen LogP contribution in [0.2, 0.25) is 0 Å². The van der Waals surface area contributed by atoms with E-state index in [1.165, 1.54) is 0 Å². The first-order chi connectivity index (χ1) is 11.9. The van der Waals surface area contributed by atoms with Crippen LogP contribution < -0.4 is 10.0 Å². The highest BCUT2D eigenvalue weighted by Crippen LogP contribution is 2.40. The first-order valence-electron chi connectivity index (χ1n) is 7.16. The molecule has 0 aliphatic carbocycles. The summed E-state index contributed by atoms with van der Waals surface area (Å²) in [7, 11) is -3.15. The van der Waals surface area contributed by atoms with Crippen molar-refractivity contribution in [2.24, 2.45) is 17.0 Å². The Morgan fingerprint density at radius 2 is 1.92 bits per heavy atom. The van der Waals surface area contributed by atoms with E-state index in [0.717, 1.165) is 30.2 Å². The number of carbonyl (C=O) groups is 2. The molecule has 144 valence electrons. The molecule has 26 heavy (non-hydrogen) atoms. The van der Waals surface area contributed by atoms with Crippen LogP contribution in [0.1, 0.15) is 10.4 Å². The summed E-state index contributed by atoms with van der Waals surface area (Å²) in [6, 6.07) is 3.00. The molecule has 1 heterocycles. The number of hydrogen-bond donors (Lipinski definition) is 2. The Balaban J connectivity index is 2.51. The molecule has 0 amide bonds. The van der Waals surface area contributed by atoms with E-state index in [9.17, 15) is 31.2 Å². The molecule has 0 radical (unpaired) electrons. The number of esters is 1. The molecular weight excluding hydrogens is 381 g/mol. The van der Waals surface area contributed by atoms with Gasteiger partial charge in [-0.1, -0.05) is 0 Å². The number of carbonyl (C=O) groups excluding carboxylic acids is 1. The summed E-state index contributed by atoms with van der Waals surface area (Å²) in [5, 5.41) is 14.1. The van der Waals surface area contributed by atoms with E-state index in [1.807, 2.05) is 0 Å². The fourth-order valence-corrected chi connectivity index (χ4v) is 3.36. The van der Waals surface area contributed by atoms with Crippen molar-refractivity contribution in [2.45, 2.75) is 11.1 Å². The summed E-state index contributed by atoms with van der Waals surface area (Å²) in [6.45, 7) is -1.20. The first-order valence-corrected chi connectivity index (χ1v) is 8.70. The third-order valence-electron chi connectivity index (χ3n) is 4.10. The number of nitrogens with two attached hydrogens (primary N) is 1. The van der Waals surface area contributed by atoms with Crippen LogP contribution in [-0.4, -0.2) is 51.8 Å². The zero-order valence-corrected chi connectivity index (χ0v) is 14.2. The molecule has 2 atom stereocenters. The van der Waals surface area contributed by atoms with Gasteiger partial charge in [0.1, 0.15) is 0 Å². The number of rotatable bonds is 4. The van der Waals surface area contributed by atoms with E-state index in [1.54, 1.807) is 0 Å². The molecule has 8 nitrogen and oxygen atoms in total. The SMILES string of the molecule is COC(=O)c1cc(S(N)(=O)=O)ccc1N1C[C@@H](C(F)(F)F)[C@H](C(=O)O)C1. The molecule has 0 saturated carbocycles. The van der Waals surface area contributed by atoms with E-state index < -0.39 is 58.0 Å². The van der Waals surface area contributed by atoms with Crippen LogP contribution in [0.15, 0.2) is 23.1 Å². The predicted molar refractivity (Wildman–Crippen MR) is 82.0 cm³/mol. The maximum absolute atomic E-state index is 13.1. The Morgan fingerprint density at radius 3 is 2.35 bits per heavy atom. The van der Waals surface area contributed by atoms with Gasteiger partial charge >= 0.3 is 18.1 Å². The predicted octanol–water partition coefficient (Wildman–Crippen LogP) is 0.820. The molecule has 1 aromatic carbocycles. The van der Waals surface area contributed by atoms with Crippen molar-refractivity contribution in [3.63, 3.8) is 0 Å². The lowest BCUT2D eigenvalue weighted by molar-refractivity contribution is -0.187. The van der Waals surface area contributed by atoms with Crippen molar-refractivity contribution in [2.75, 3.05) is 25.1 Å². The normalized spacial score (nSPS) is 20.9. The molecule has 1 fully saturated rings. The molecule has 0 aromatic heterocycles. The molecule has 1 aliphatic heterocycles. The summed E-state index contributed by atoms with van der Waals surface area (Å²) >= 11 is 0. The maximum atomic E-state index is 13.1. The average Bonchev–Trinajstić information content (AvgIpc) is 2.98. The highest BCUT2D eigenvalue weighted by Gasteiger charge is 2.53. The number of nitrogens with zero attached hydrogens (tertiary/aromatic N) is 1. The topological polar surface area (TPSA) is 127 Å². The largest absolute Gasteiger partial charge is 0.481 e. The summed E-state index contributed by atoms with van der Waals surface area (Å²) < 4.78 is 66.8. The number of carboxylic acids is 1. The number of aliphatic carboxylic acids is 1. The van der Waals surface area contributed by atoms with Crippen molar-refractivity contribution in [1.82, 2.24) is 0 Å². The number of methoxy groups -OCH3 is 1. The number of carboxylic acid groups (broad SMARTS) is 1. The van der Waals surface area contributed by atoms with Crippen LogP contribution in [0.25, 0.3) is 0 Å². The Labute approximate surface area is 146 Å². The van der Waals surface area contributed by atoms with Crippen LogP contribution in [0, 0.1) is 11.8 Å². The van der Waals surface area contributed by atoms with Crippen molar-refractivity contribution >= 4 is 27.6 Å². The van der Waals surface area contributed by atoms with Crippen molar-refractivity contribution in [3.8, 4) is 0 Å². The molecule has 0 bridgehead atoms. The number of anilines is 1. The minimum atomic E-state index is -4.75. The number of primary sulfonamides is 1. The monoisotopic (exact) mass is 396 g/mol. The third kappa shape index (κ3) is 3.90. The minimum absolute atomic E-state index is 0.0674. The van der Waals surface area contributed by atoms with Gasteiger partial charge in [0.05, 0.1) is 35.1 Å². The molecule has 1 aliphatic rings. The Kier molecular flexibility index (Phi) is 5.19. The van der Waals surface area contributed by atoms with Gasteiger partial charge in [0, 0.05) is 13.1 Å². The zero-order valence-electron chi connectivity index (χ0n) is 13.4. The maximum Gasteiger partial charge on any atom is 0.394 e. The molecule has 12 heteroatoms. The zero-order chi connectivity index (χ0) is 19.9. The van der Waals surface area contributed by atoms with E-state index >= 15 is 0 Å². The van der Waals surface area contributed by atoms with Crippen LogP contribution in [-0.2, 0) is 19.6 Å². The average molecular weight is 396 g/mol. The van der Waals surface area contributed by atoms with Gasteiger partial charge in [0.25, 0.3) is 0 Å². The summed E-state index contributed by atoms with van der Waals surface area (Å²) in [5.74, 6) is -6.47. The lowest BCUT2D eigenvalue weighted by atomic mass is 9.96. The van der Waals surface area contributed by atoms with Gasteiger partial charge in [0.2, 0.25) is 10.0 Å². The van der Waals surface area contributed by atoms with Gasteiger partial charge < -0.3 is 14.7 Å². The van der Waals surface area contributed by atoms with Crippen LogP contribution in [0.4, 0.5) is 18.9 Å². The molecule has 3 N–H and O–H groups in total. The standard InChI is InChI=1S/C14H15F3N2O6S/c1-25-13(22)8-4-7(26(18,23)24)2-3-11(8)19-5-9(12(20)21)10(6-19)14(15,16)17/h2-4,9-10H,5-6H2,1H3,(H,20,21)(H2,18,23,24)/t9-,10-/m1/s1. The summed E-state index contributed by atoms with van der Waals surface area (Å²) in [4.78, 5) is 23.8. The second kappa shape index (κ2) is 6.76. The van der Waals surface area contributed by atoms with E-state index in [-0.39, 0.29) is 11.3 Å². The lowest BCUT2D eigenvalue weighted by Gasteiger charge is -2.22. The molecule has 2 rings (SSSR count). The van der Waals surface area contributed by atoms with Gasteiger partial charge in [-0.05, 0) is 18.2 Å². The molecule has 1 aromatic rings. The third-order valence-corrected chi connectivity index (χ3v) is 5.01. The minimum Gasteiger partial charge on any atom is -0.481 e. The van der Waals surface area contributed by atoms with Crippen molar-refractivity contribution < 1.29 is 41.0 Å². The Bertz CT molecular complexity index is 840. The number of alkyl halides is 3. The fourth-order valence-electron chi connectivity index (χ4n) is 2.82. The second-order valence-electron chi connectivity index (χ2n) is 5.71. The van der Waals surface area contributed by atoms with E-state index in [4.69, 9.17) is 10.2 Å². The quantitative estimate of drug-likeness (QED) is 0.722. The summed E-state index contributed by atoms with van der Waals surface area (Å²) in [5.41, 5.74) is -0.395. The van der Waals surface area contributed by atoms with Gasteiger partial charge in [-0.2, -0.15) is 13.2 Å². The molecule has 0 unspecified atom stereocenters. The van der Waals surface area contributed by atoms with E-state index in [0.29, 0.717) is 0 Å². The Morgan fingerprint density at radius 1 is 1.31 bits per heavy atom. The van der Waals surface area contributed by atoms with Gasteiger partial charge in [-0.25, -0.2) is 18.4 Å². The second-order valence-corrected chi connectivity index (χ2v) is 7.27. The highest BCUT2D eigenvalue weighted by atomic mass is 32.2. The number of ether oxygens (including phenoxy) is 1. The molecular formula is C14H15F3N2O6S. The van der Waals surface area contributed by atoms with Gasteiger partial charge in [-0.3, -0.25) is 4.79 Å². The van der Waals surface area contributed by atoms with Crippen molar-refractivity contribution in [3.05, 3.63) is 23.8 Å². The van der Waals surface area contributed by atoms with Gasteiger partial charge in [0.15, 0.2) is 0 Å². The summed E-state index contributed by atoms with van der Waals surface area (Å²) in [6.07, 6.45) is -4.75. The Hall–Kier alpha value is -2.34. The van der Waals surface area contributed by atoms with Crippen LogP contribution in [0.5, 0.6) is 0 Å².